The number of carbonyl (C=O) groups excluding carboxylic acids is 1. The Bertz CT molecular complexity index is 312. The van der Waals surface area contributed by atoms with Gasteiger partial charge in [-0.3, -0.25) is 0 Å². The summed E-state index contributed by atoms with van der Waals surface area (Å²) in [6.45, 7) is 7.75. The lowest BCUT2D eigenvalue weighted by molar-refractivity contribution is -0.688. The van der Waals surface area contributed by atoms with E-state index < -0.39 is 5.97 Å². The molecule has 0 aliphatic carbocycles. The van der Waals surface area contributed by atoms with Crippen LogP contribution in [0.4, 0.5) is 0 Å². The second-order valence-electron chi connectivity index (χ2n) is 3.20. The largest absolute Gasteiger partial charge is 0.550 e. The quantitative estimate of drug-likeness (QED) is 0.479. The second kappa shape index (κ2) is 5.96. The molecule has 4 heteroatoms. The van der Waals surface area contributed by atoms with Crippen LogP contribution in [0.3, 0.4) is 0 Å². The van der Waals surface area contributed by atoms with Crippen LogP contribution < -0.4 is 9.67 Å². The number of aromatic nitrogens is 2. The Balaban J connectivity index is 0.000000364. The first-order valence-electron chi connectivity index (χ1n) is 4.24. The Labute approximate surface area is 84.1 Å². The van der Waals surface area contributed by atoms with Gasteiger partial charge in [0, 0.05) is 5.97 Å². The number of hydrogen-bond donors (Lipinski definition) is 0. The number of aryl methyl sites for hydroxylation is 1. The van der Waals surface area contributed by atoms with E-state index in [1.165, 1.54) is 5.57 Å². The first kappa shape index (κ1) is 12.4. The number of hydrogen-bond acceptors (Lipinski definition) is 2. The van der Waals surface area contributed by atoms with Crippen molar-refractivity contribution in [1.82, 2.24) is 4.57 Å². The fourth-order valence-corrected chi connectivity index (χ4v) is 0.907. The van der Waals surface area contributed by atoms with Crippen LogP contribution in [-0.4, -0.2) is 10.5 Å². The number of carboxylic acid groups (broad SMARTS) is 1. The summed E-state index contributed by atoms with van der Waals surface area (Å²) in [4.78, 5) is 8.89. The summed E-state index contributed by atoms with van der Waals surface area (Å²) in [5.41, 5.74) is 1.18. The van der Waals surface area contributed by atoms with E-state index in [1.54, 1.807) is 0 Å². The number of carbonyl (C=O) groups is 1. The van der Waals surface area contributed by atoms with Gasteiger partial charge < -0.3 is 9.90 Å². The van der Waals surface area contributed by atoms with Crippen LogP contribution in [0.1, 0.15) is 13.8 Å². The Morgan fingerprint density at radius 1 is 1.57 bits per heavy atom. The molecule has 14 heavy (non-hydrogen) atoms. The van der Waals surface area contributed by atoms with Crippen molar-refractivity contribution in [3.05, 3.63) is 30.9 Å². The van der Waals surface area contributed by atoms with E-state index >= 15 is 0 Å². The molecule has 1 aromatic rings. The molecule has 0 saturated carbocycles. The smallest absolute Gasteiger partial charge is 0.243 e. The normalized spacial score (nSPS) is 8.79. The fourth-order valence-electron chi connectivity index (χ4n) is 0.907. The lowest BCUT2D eigenvalue weighted by Gasteiger charge is -1.91. The van der Waals surface area contributed by atoms with E-state index in [0.29, 0.717) is 0 Å². The predicted octanol–water partition coefficient (Wildman–Crippen LogP) is -0.355. The maximum absolute atomic E-state index is 8.89. The molecule has 0 unspecified atom stereocenters. The molecule has 1 aromatic heterocycles. The lowest BCUT2D eigenvalue weighted by Crippen LogP contribution is -2.31. The molecule has 0 N–H and O–H groups in total. The topological polar surface area (TPSA) is 48.9 Å². The lowest BCUT2D eigenvalue weighted by atomic mass is 10.3. The van der Waals surface area contributed by atoms with Crippen molar-refractivity contribution in [1.29, 1.82) is 0 Å². The molecule has 78 valence electrons. The van der Waals surface area contributed by atoms with E-state index in [1.807, 2.05) is 37.3 Å². The third-order valence-electron chi connectivity index (χ3n) is 1.28. The molecule has 0 amide bonds. The number of allylic oxidation sites excluding steroid dienone is 1. The number of aliphatic carboxylic acids is 1. The molecule has 0 bridgehead atoms. The Morgan fingerprint density at radius 3 is 2.36 bits per heavy atom. The number of rotatable bonds is 2. The predicted molar refractivity (Wildman–Crippen MR) is 51.1 cm³/mol. The monoisotopic (exact) mass is 196 g/mol. The Morgan fingerprint density at radius 2 is 2.07 bits per heavy atom. The summed E-state index contributed by atoms with van der Waals surface area (Å²) < 4.78 is 4.12. The summed E-state index contributed by atoms with van der Waals surface area (Å²) in [6.07, 6.45) is 6.09. The highest BCUT2D eigenvalue weighted by Crippen LogP contribution is 1.85. The van der Waals surface area contributed by atoms with Crippen LogP contribution in [0.25, 0.3) is 0 Å². The summed E-state index contributed by atoms with van der Waals surface area (Å²) >= 11 is 0. The minimum Gasteiger partial charge on any atom is -0.550 e. The van der Waals surface area contributed by atoms with Crippen LogP contribution in [0.15, 0.2) is 30.9 Å². The zero-order chi connectivity index (χ0) is 11.1. The van der Waals surface area contributed by atoms with Gasteiger partial charge in [0.05, 0.1) is 7.05 Å². The van der Waals surface area contributed by atoms with Gasteiger partial charge in [0.15, 0.2) is 0 Å². The molecule has 0 radical (unpaired) electrons. The molecule has 1 rings (SSSR count). The van der Waals surface area contributed by atoms with Crippen LogP contribution in [-0.2, 0) is 18.4 Å². The van der Waals surface area contributed by atoms with E-state index in [0.717, 1.165) is 13.5 Å². The van der Waals surface area contributed by atoms with Gasteiger partial charge in [-0.05, 0) is 19.4 Å². The van der Waals surface area contributed by atoms with Crippen LogP contribution in [0, 0.1) is 0 Å². The van der Waals surface area contributed by atoms with Crippen molar-refractivity contribution in [2.45, 2.75) is 20.4 Å². The maximum Gasteiger partial charge on any atom is 0.243 e. The Hall–Kier alpha value is -1.58. The molecular formula is C10H16N2O2. The highest BCUT2D eigenvalue weighted by Gasteiger charge is 1.97. The van der Waals surface area contributed by atoms with Gasteiger partial charge in [0.25, 0.3) is 0 Å². The van der Waals surface area contributed by atoms with Crippen molar-refractivity contribution < 1.29 is 14.5 Å². The van der Waals surface area contributed by atoms with Gasteiger partial charge in [-0.25, -0.2) is 9.13 Å². The highest BCUT2D eigenvalue weighted by molar-refractivity contribution is 5.60. The van der Waals surface area contributed by atoms with Gasteiger partial charge in [-0.15, -0.1) is 0 Å². The standard InChI is InChI=1S/C8H13N2.C2H4O2/c1-8(2)6-10-5-4-9(3)7-10;1-2(3)4/h4-5,7H,1,6H2,2-3H3;1H3,(H,3,4)/q+1;/p-1. The molecule has 4 nitrogen and oxygen atoms in total. The SMILES string of the molecule is C=C(C)C[n+]1ccn(C)c1.CC(=O)[O-]. The third kappa shape index (κ3) is 7.09. The van der Waals surface area contributed by atoms with Crippen molar-refractivity contribution in [2.24, 2.45) is 7.05 Å². The first-order valence-corrected chi connectivity index (χ1v) is 4.24. The summed E-state index contributed by atoms with van der Waals surface area (Å²) in [5.74, 6) is -1.08. The highest BCUT2D eigenvalue weighted by atomic mass is 16.4. The average Bonchev–Trinajstić information content (AvgIpc) is 2.32. The second-order valence-corrected chi connectivity index (χ2v) is 3.20. The minimum absolute atomic E-state index is 0.918. The maximum atomic E-state index is 8.89. The molecule has 0 atom stereocenters. The van der Waals surface area contributed by atoms with Crippen LogP contribution >= 0.6 is 0 Å². The molecule has 0 aliphatic rings. The van der Waals surface area contributed by atoms with Crippen LogP contribution in [0.5, 0.6) is 0 Å². The van der Waals surface area contributed by atoms with Gasteiger partial charge in [-0.1, -0.05) is 6.58 Å². The zero-order valence-electron chi connectivity index (χ0n) is 8.86. The zero-order valence-corrected chi connectivity index (χ0v) is 8.86. The van der Waals surface area contributed by atoms with Gasteiger partial charge in [0.2, 0.25) is 6.33 Å². The number of carboxylic acids is 1. The average molecular weight is 196 g/mol. The third-order valence-corrected chi connectivity index (χ3v) is 1.28. The van der Waals surface area contributed by atoms with E-state index in [2.05, 4.69) is 11.1 Å². The molecule has 0 spiro atoms. The summed E-state index contributed by atoms with van der Waals surface area (Å²) in [6, 6.07) is 0. The molecule has 0 aromatic carbocycles. The first-order chi connectivity index (χ1) is 6.41. The number of nitrogens with zero attached hydrogens (tertiary/aromatic N) is 2. The van der Waals surface area contributed by atoms with Crippen molar-refractivity contribution in [3.8, 4) is 0 Å². The van der Waals surface area contributed by atoms with E-state index in [4.69, 9.17) is 9.90 Å². The number of imidazole rings is 1. The molecule has 0 saturated heterocycles. The summed E-state index contributed by atoms with van der Waals surface area (Å²) in [7, 11) is 2.01. The van der Waals surface area contributed by atoms with E-state index in [9.17, 15) is 0 Å². The molecule has 1 heterocycles. The van der Waals surface area contributed by atoms with Gasteiger partial charge in [-0.2, -0.15) is 0 Å². The van der Waals surface area contributed by atoms with Crippen LogP contribution in [0.2, 0.25) is 0 Å². The summed E-state index contributed by atoms with van der Waals surface area (Å²) in [5, 5.41) is 8.89. The molecular weight excluding hydrogens is 180 g/mol. The molecule has 0 fully saturated rings. The van der Waals surface area contributed by atoms with Gasteiger partial charge >= 0.3 is 0 Å². The van der Waals surface area contributed by atoms with Crippen molar-refractivity contribution >= 4 is 5.97 Å². The minimum atomic E-state index is -1.08. The van der Waals surface area contributed by atoms with Gasteiger partial charge in [0.1, 0.15) is 18.9 Å². The van der Waals surface area contributed by atoms with Crippen molar-refractivity contribution in [2.75, 3.05) is 0 Å². The van der Waals surface area contributed by atoms with E-state index in [-0.39, 0.29) is 0 Å². The fraction of sp³-hybridized carbons (Fsp3) is 0.400. The van der Waals surface area contributed by atoms with Crippen molar-refractivity contribution in [3.63, 3.8) is 0 Å². The Kier molecular flexibility index (Phi) is 5.29. The molecule has 0 aliphatic heterocycles.